The zero-order valence-electron chi connectivity index (χ0n) is 17.7. The van der Waals surface area contributed by atoms with E-state index in [1.807, 2.05) is 44.2 Å². The molecule has 2 N–H and O–H groups in total. The maximum Gasteiger partial charge on any atom is 0.216 e. The van der Waals surface area contributed by atoms with Gasteiger partial charge < -0.3 is 5.32 Å². The fourth-order valence-corrected chi connectivity index (χ4v) is 5.09. The van der Waals surface area contributed by atoms with Crippen molar-refractivity contribution in [1.29, 1.82) is 5.26 Å². The molecule has 30 heavy (non-hydrogen) atoms. The van der Waals surface area contributed by atoms with Crippen LogP contribution in [0, 0.1) is 25.2 Å². The lowest BCUT2D eigenvalue weighted by Crippen LogP contribution is -2.31. The molecule has 3 aromatic rings. The molecule has 0 aliphatic rings. The van der Waals surface area contributed by atoms with E-state index >= 15 is 0 Å². The normalized spacial score (nSPS) is 11.6. The van der Waals surface area contributed by atoms with Gasteiger partial charge in [-0.1, -0.05) is 35.9 Å². The van der Waals surface area contributed by atoms with Gasteiger partial charge in [-0.05, 0) is 50.5 Å². The molecule has 6 nitrogen and oxygen atoms in total. The van der Waals surface area contributed by atoms with E-state index in [0.717, 1.165) is 33.2 Å². The zero-order valence-corrected chi connectivity index (χ0v) is 18.5. The first kappa shape index (κ1) is 21.8. The van der Waals surface area contributed by atoms with Crippen molar-refractivity contribution in [2.75, 3.05) is 5.32 Å². The molecular weight excluding hydrogens is 396 g/mol. The highest BCUT2D eigenvalue weighted by molar-refractivity contribution is 7.88. The Labute approximate surface area is 178 Å². The molecule has 156 valence electrons. The van der Waals surface area contributed by atoms with Crippen LogP contribution < -0.4 is 10.0 Å². The van der Waals surface area contributed by atoms with E-state index in [9.17, 15) is 13.7 Å². The van der Waals surface area contributed by atoms with Crippen LogP contribution in [-0.4, -0.2) is 19.4 Å². The summed E-state index contributed by atoms with van der Waals surface area (Å²) in [5.41, 5.74) is 5.74. The van der Waals surface area contributed by atoms with Crippen molar-refractivity contribution in [2.45, 2.75) is 46.0 Å². The predicted octanol–water partition coefficient (Wildman–Crippen LogP) is 4.16. The van der Waals surface area contributed by atoms with Gasteiger partial charge in [0.25, 0.3) is 0 Å². The molecular formula is C23H26N4O2S. The summed E-state index contributed by atoms with van der Waals surface area (Å²) in [5.74, 6) is -0.0938. The molecule has 3 rings (SSSR count). The molecule has 7 heteroatoms. The summed E-state index contributed by atoms with van der Waals surface area (Å²) in [7, 11) is -3.44. The summed E-state index contributed by atoms with van der Waals surface area (Å²) < 4.78 is 27.4. The predicted molar refractivity (Wildman–Crippen MR) is 121 cm³/mol. The minimum atomic E-state index is -3.44. The van der Waals surface area contributed by atoms with Gasteiger partial charge in [-0.15, -0.1) is 0 Å². The third-order valence-electron chi connectivity index (χ3n) is 4.76. The number of fused-ring (bicyclic) bond motifs is 1. The van der Waals surface area contributed by atoms with Crippen LogP contribution in [0.4, 0.5) is 5.69 Å². The van der Waals surface area contributed by atoms with E-state index in [1.54, 1.807) is 20.0 Å². The second-order valence-electron chi connectivity index (χ2n) is 7.79. The molecule has 1 heterocycles. The number of rotatable bonds is 7. The highest BCUT2D eigenvalue weighted by atomic mass is 32.2. The smallest absolute Gasteiger partial charge is 0.216 e. The van der Waals surface area contributed by atoms with Gasteiger partial charge in [-0.3, -0.25) is 4.98 Å². The summed E-state index contributed by atoms with van der Waals surface area (Å²) in [5, 5.41) is 13.8. The van der Waals surface area contributed by atoms with Crippen molar-refractivity contribution >= 4 is 26.6 Å². The van der Waals surface area contributed by atoms with Crippen LogP contribution in [0.3, 0.4) is 0 Å². The topological polar surface area (TPSA) is 94.9 Å². The Hall–Kier alpha value is -2.95. The lowest BCUT2D eigenvalue weighted by molar-refractivity contribution is 0.569. The van der Waals surface area contributed by atoms with Crippen molar-refractivity contribution in [1.82, 2.24) is 9.71 Å². The van der Waals surface area contributed by atoms with Crippen molar-refractivity contribution in [3.05, 3.63) is 70.4 Å². The Balaban J connectivity index is 1.95. The largest absolute Gasteiger partial charge is 0.379 e. The van der Waals surface area contributed by atoms with Gasteiger partial charge in [-0.2, -0.15) is 5.26 Å². The maximum atomic E-state index is 12.4. The number of sulfonamides is 1. The van der Waals surface area contributed by atoms with Gasteiger partial charge in [0.15, 0.2) is 0 Å². The van der Waals surface area contributed by atoms with Crippen molar-refractivity contribution in [2.24, 2.45) is 0 Å². The molecule has 1 aromatic heterocycles. The van der Waals surface area contributed by atoms with Crippen LogP contribution in [0.2, 0.25) is 0 Å². The molecule has 0 radical (unpaired) electrons. The molecule has 0 spiro atoms. The molecule has 0 aliphatic carbocycles. The highest BCUT2D eigenvalue weighted by Gasteiger charge is 2.16. The van der Waals surface area contributed by atoms with E-state index in [0.29, 0.717) is 17.8 Å². The van der Waals surface area contributed by atoms with Gasteiger partial charge in [0, 0.05) is 24.2 Å². The van der Waals surface area contributed by atoms with Crippen LogP contribution in [-0.2, 0) is 22.3 Å². The molecule has 0 saturated heterocycles. The summed E-state index contributed by atoms with van der Waals surface area (Å²) >= 11 is 0. The minimum Gasteiger partial charge on any atom is -0.379 e. The Morgan fingerprint density at radius 1 is 1.13 bits per heavy atom. The fourth-order valence-electron chi connectivity index (χ4n) is 3.60. The van der Waals surface area contributed by atoms with Crippen LogP contribution in [0.15, 0.2) is 42.6 Å². The third-order valence-corrected chi connectivity index (χ3v) is 6.28. The number of aromatic nitrogens is 1. The first-order chi connectivity index (χ1) is 14.2. The SMILES string of the molecule is Cc1cc(C)c2ncc(C#N)c(NCc3ccccc3CS(=O)(=O)NC(C)C)c2c1. The molecule has 0 aliphatic heterocycles. The van der Waals surface area contributed by atoms with E-state index in [1.165, 1.54) is 0 Å². The summed E-state index contributed by atoms with van der Waals surface area (Å²) in [6.07, 6.45) is 1.58. The zero-order chi connectivity index (χ0) is 21.9. The summed E-state index contributed by atoms with van der Waals surface area (Å²) in [4.78, 5) is 4.45. The Morgan fingerprint density at radius 2 is 1.83 bits per heavy atom. The van der Waals surface area contributed by atoms with E-state index in [4.69, 9.17) is 0 Å². The minimum absolute atomic E-state index is 0.0938. The number of benzene rings is 2. The quantitative estimate of drug-likeness (QED) is 0.596. The third kappa shape index (κ3) is 4.96. The second kappa shape index (κ2) is 8.82. The molecule has 2 aromatic carbocycles. The molecule has 0 bridgehead atoms. The van der Waals surface area contributed by atoms with Crippen LogP contribution in [0.1, 0.15) is 41.7 Å². The molecule has 0 amide bonds. The van der Waals surface area contributed by atoms with E-state index < -0.39 is 10.0 Å². The van der Waals surface area contributed by atoms with E-state index in [2.05, 4.69) is 27.2 Å². The average Bonchev–Trinajstić information content (AvgIpc) is 2.65. The number of anilines is 1. The average molecular weight is 423 g/mol. The maximum absolute atomic E-state index is 12.4. The number of hydrogen-bond donors (Lipinski definition) is 2. The molecule has 0 fully saturated rings. The Morgan fingerprint density at radius 3 is 2.50 bits per heavy atom. The number of pyridine rings is 1. The van der Waals surface area contributed by atoms with Gasteiger partial charge in [-0.25, -0.2) is 13.1 Å². The number of nitrogens with one attached hydrogen (secondary N) is 2. The fraction of sp³-hybridized carbons (Fsp3) is 0.304. The van der Waals surface area contributed by atoms with Gasteiger partial charge in [0.05, 0.1) is 22.5 Å². The standard InChI is InChI=1S/C23H26N4O2S/c1-15(2)27-30(28,29)14-19-8-6-5-7-18(19)12-26-23-20(11-24)13-25-22-17(4)9-16(3)10-21(22)23/h5-10,13,15,27H,12,14H2,1-4H3,(H,25,26). The number of hydrogen-bond acceptors (Lipinski definition) is 5. The first-order valence-electron chi connectivity index (χ1n) is 9.81. The molecule has 0 saturated carbocycles. The number of nitriles is 1. The van der Waals surface area contributed by atoms with Crippen LogP contribution >= 0.6 is 0 Å². The van der Waals surface area contributed by atoms with Crippen LogP contribution in [0.5, 0.6) is 0 Å². The van der Waals surface area contributed by atoms with Gasteiger partial charge in [0.2, 0.25) is 10.0 Å². The Bertz CT molecular complexity index is 1230. The summed E-state index contributed by atoms with van der Waals surface area (Å²) in [6, 6.07) is 13.6. The van der Waals surface area contributed by atoms with Gasteiger partial charge in [0.1, 0.15) is 6.07 Å². The molecule has 0 unspecified atom stereocenters. The van der Waals surface area contributed by atoms with Crippen molar-refractivity contribution < 1.29 is 8.42 Å². The van der Waals surface area contributed by atoms with Crippen molar-refractivity contribution in [3.63, 3.8) is 0 Å². The van der Waals surface area contributed by atoms with Gasteiger partial charge >= 0.3 is 0 Å². The van der Waals surface area contributed by atoms with Crippen LogP contribution in [0.25, 0.3) is 10.9 Å². The lowest BCUT2D eigenvalue weighted by atomic mass is 10.0. The second-order valence-corrected chi connectivity index (χ2v) is 9.54. The summed E-state index contributed by atoms with van der Waals surface area (Å²) in [6.45, 7) is 8.01. The lowest BCUT2D eigenvalue weighted by Gasteiger charge is -2.16. The molecule has 0 atom stereocenters. The highest BCUT2D eigenvalue weighted by Crippen LogP contribution is 2.29. The van der Waals surface area contributed by atoms with E-state index in [-0.39, 0.29) is 11.8 Å². The number of nitrogens with zero attached hydrogens (tertiary/aromatic N) is 2. The monoisotopic (exact) mass is 422 g/mol. The van der Waals surface area contributed by atoms with Crippen molar-refractivity contribution in [3.8, 4) is 6.07 Å². The number of aryl methyl sites for hydroxylation is 2. The Kier molecular flexibility index (Phi) is 6.40. The first-order valence-corrected chi connectivity index (χ1v) is 11.5.